The molecule has 6 heteroatoms. The number of carbonyl (C=O) groups is 1. The van der Waals surface area contributed by atoms with E-state index in [-0.39, 0.29) is 24.0 Å². The molecular weight excluding hydrogens is 314 g/mol. The molecule has 0 bridgehead atoms. The van der Waals surface area contributed by atoms with Crippen molar-refractivity contribution in [2.75, 3.05) is 5.32 Å². The Hall–Kier alpha value is -3.15. The fraction of sp³-hybridized carbons (Fsp3) is 0.211. The molecule has 2 N–H and O–H groups in total. The van der Waals surface area contributed by atoms with Crippen molar-refractivity contribution in [3.05, 3.63) is 78.1 Å². The number of aromatic nitrogens is 3. The van der Waals surface area contributed by atoms with E-state index in [1.54, 1.807) is 6.92 Å². The molecule has 0 unspecified atom stereocenters. The summed E-state index contributed by atoms with van der Waals surface area (Å²) in [6, 6.07) is 19.7. The normalized spacial score (nSPS) is 21.9. The van der Waals surface area contributed by atoms with Gasteiger partial charge in [-0.25, -0.2) is 4.68 Å². The number of rotatable bonds is 3. The number of fused-ring (bicyclic) bond motifs is 1. The molecule has 6 nitrogen and oxygen atoms in total. The number of anilines is 1. The van der Waals surface area contributed by atoms with E-state index in [0.29, 0.717) is 5.95 Å². The van der Waals surface area contributed by atoms with Crippen molar-refractivity contribution in [2.24, 2.45) is 0 Å². The van der Waals surface area contributed by atoms with Gasteiger partial charge >= 0.3 is 0 Å². The second-order valence-corrected chi connectivity index (χ2v) is 6.14. The van der Waals surface area contributed by atoms with Crippen molar-refractivity contribution in [1.82, 2.24) is 20.1 Å². The molecule has 4 rings (SSSR count). The Balaban J connectivity index is 1.85. The van der Waals surface area contributed by atoms with Crippen molar-refractivity contribution >= 4 is 11.9 Å². The predicted molar refractivity (Wildman–Crippen MR) is 95.0 cm³/mol. The molecule has 3 atom stereocenters. The third kappa shape index (κ3) is 2.87. The van der Waals surface area contributed by atoms with Crippen LogP contribution in [0.5, 0.6) is 0 Å². The first kappa shape index (κ1) is 15.4. The molecule has 1 aromatic heterocycles. The van der Waals surface area contributed by atoms with Crippen LogP contribution in [0.15, 0.2) is 67.0 Å². The minimum atomic E-state index is -0.198. The van der Waals surface area contributed by atoms with Crippen LogP contribution in [0, 0.1) is 0 Å². The lowest BCUT2D eigenvalue weighted by atomic mass is 9.88. The molecule has 3 aromatic rings. The fourth-order valence-corrected chi connectivity index (χ4v) is 3.47. The molecule has 1 amide bonds. The molecule has 2 aromatic carbocycles. The minimum Gasteiger partial charge on any atom is -0.349 e. The molecule has 0 saturated carbocycles. The van der Waals surface area contributed by atoms with Gasteiger partial charge in [-0.3, -0.25) is 4.79 Å². The van der Waals surface area contributed by atoms with Gasteiger partial charge in [0.1, 0.15) is 12.4 Å². The molecule has 0 aliphatic carbocycles. The third-order valence-electron chi connectivity index (χ3n) is 4.49. The Labute approximate surface area is 145 Å². The van der Waals surface area contributed by atoms with E-state index >= 15 is 0 Å². The Bertz CT molecular complexity index is 862. The van der Waals surface area contributed by atoms with Gasteiger partial charge in [0, 0.05) is 6.92 Å². The van der Waals surface area contributed by atoms with Crippen LogP contribution in [-0.2, 0) is 4.79 Å². The largest absolute Gasteiger partial charge is 0.349 e. The summed E-state index contributed by atoms with van der Waals surface area (Å²) in [6.45, 7) is 1.54. The standard InChI is InChI=1S/C19H19N5O/c1-13(25)22-17-16(14-8-4-2-5-9-14)23-19-20-12-21-24(19)18(17)15-10-6-3-7-11-15/h2-12,16-18H,1H3,(H,22,25)(H,20,21,23)/t16-,17-,18-/m1/s1. The Morgan fingerprint density at radius 3 is 2.32 bits per heavy atom. The van der Waals surface area contributed by atoms with Crippen molar-refractivity contribution < 1.29 is 4.79 Å². The van der Waals surface area contributed by atoms with Gasteiger partial charge in [-0.2, -0.15) is 10.1 Å². The van der Waals surface area contributed by atoms with Crippen LogP contribution in [0.2, 0.25) is 0 Å². The number of hydrogen-bond acceptors (Lipinski definition) is 4. The summed E-state index contributed by atoms with van der Waals surface area (Å²) in [5.74, 6) is 0.626. The molecule has 0 radical (unpaired) electrons. The van der Waals surface area contributed by atoms with E-state index in [0.717, 1.165) is 11.1 Å². The molecule has 2 heterocycles. The summed E-state index contributed by atoms with van der Waals surface area (Å²) in [5, 5.41) is 10.9. The topological polar surface area (TPSA) is 71.8 Å². The Kier molecular flexibility index (Phi) is 3.93. The number of amides is 1. The van der Waals surface area contributed by atoms with Crippen molar-refractivity contribution in [3.8, 4) is 0 Å². The molecule has 126 valence electrons. The lowest BCUT2D eigenvalue weighted by Crippen LogP contribution is -2.50. The molecule has 0 saturated heterocycles. The highest BCUT2D eigenvalue weighted by molar-refractivity contribution is 5.73. The van der Waals surface area contributed by atoms with Gasteiger partial charge < -0.3 is 10.6 Å². The van der Waals surface area contributed by atoms with Crippen LogP contribution in [0.4, 0.5) is 5.95 Å². The van der Waals surface area contributed by atoms with Crippen LogP contribution in [0.25, 0.3) is 0 Å². The fourth-order valence-electron chi connectivity index (χ4n) is 3.47. The average molecular weight is 333 g/mol. The minimum absolute atomic E-state index is 0.0720. The molecule has 25 heavy (non-hydrogen) atoms. The van der Waals surface area contributed by atoms with Gasteiger partial charge in [-0.05, 0) is 11.1 Å². The van der Waals surface area contributed by atoms with E-state index in [4.69, 9.17) is 0 Å². The summed E-state index contributed by atoms with van der Waals surface area (Å²) >= 11 is 0. The molecular formula is C19H19N5O. The second-order valence-electron chi connectivity index (χ2n) is 6.14. The SMILES string of the molecule is CC(=O)N[C@@H]1[C@@H](c2ccccc2)Nc2ncnn2[C@@H]1c1ccccc1. The van der Waals surface area contributed by atoms with Gasteiger partial charge in [0.2, 0.25) is 11.9 Å². The molecule has 1 aliphatic heterocycles. The zero-order chi connectivity index (χ0) is 17.2. The maximum absolute atomic E-state index is 11.9. The van der Waals surface area contributed by atoms with Crippen LogP contribution in [-0.4, -0.2) is 26.7 Å². The van der Waals surface area contributed by atoms with Crippen LogP contribution in [0.1, 0.15) is 30.1 Å². The molecule has 0 fully saturated rings. The highest BCUT2D eigenvalue weighted by atomic mass is 16.1. The van der Waals surface area contributed by atoms with Crippen LogP contribution in [0.3, 0.4) is 0 Å². The van der Waals surface area contributed by atoms with E-state index in [1.807, 2.05) is 41.1 Å². The quantitative estimate of drug-likeness (QED) is 0.773. The van der Waals surface area contributed by atoms with E-state index in [2.05, 4.69) is 45.0 Å². The van der Waals surface area contributed by atoms with Gasteiger partial charge in [0.05, 0.1) is 12.1 Å². The van der Waals surface area contributed by atoms with Crippen molar-refractivity contribution in [1.29, 1.82) is 0 Å². The average Bonchev–Trinajstić information content (AvgIpc) is 3.10. The third-order valence-corrected chi connectivity index (χ3v) is 4.49. The van der Waals surface area contributed by atoms with Crippen LogP contribution < -0.4 is 10.6 Å². The van der Waals surface area contributed by atoms with Gasteiger partial charge in [-0.15, -0.1) is 0 Å². The first-order valence-corrected chi connectivity index (χ1v) is 8.27. The molecule has 1 aliphatic rings. The number of carbonyl (C=O) groups excluding carboxylic acids is 1. The summed E-state index contributed by atoms with van der Waals surface area (Å²) in [4.78, 5) is 16.3. The predicted octanol–water partition coefficient (Wildman–Crippen LogP) is 2.54. The summed E-state index contributed by atoms with van der Waals surface area (Å²) in [7, 11) is 0. The number of nitrogens with zero attached hydrogens (tertiary/aromatic N) is 3. The van der Waals surface area contributed by atoms with Crippen molar-refractivity contribution in [2.45, 2.75) is 25.0 Å². The highest BCUT2D eigenvalue weighted by Crippen LogP contribution is 2.37. The Morgan fingerprint density at radius 2 is 1.68 bits per heavy atom. The summed E-state index contributed by atoms with van der Waals surface area (Å²) < 4.78 is 1.84. The van der Waals surface area contributed by atoms with Crippen molar-refractivity contribution in [3.63, 3.8) is 0 Å². The smallest absolute Gasteiger partial charge is 0.222 e. The van der Waals surface area contributed by atoms with Gasteiger partial charge in [0.15, 0.2) is 0 Å². The summed E-state index contributed by atoms with van der Waals surface area (Å²) in [5.41, 5.74) is 2.17. The first-order chi connectivity index (χ1) is 12.2. The zero-order valence-electron chi connectivity index (χ0n) is 13.8. The monoisotopic (exact) mass is 333 g/mol. The van der Waals surface area contributed by atoms with E-state index < -0.39 is 0 Å². The van der Waals surface area contributed by atoms with Gasteiger partial charge in [-0.1, -0.05) is 60.7 Å². The van der Waals surface area contributed by atoms with E-state index in [1.165, 1.54) is 6.33 Å². The number of hydrogen-bond donors (Lipinski definition) is 2. The first-order valence-electron chi connectivity index (χ1n) is 8.27. The Morgan fingerprint density at radius 1 is 1.04 bits per heavy atom. The highest BCUT2D eigenvalue weighted by Gasteiger charge is 2.40. The lowest BCUT2D eigenvalue weighted by molar-refractivity contribution is -0.120. The number of benzene rings is 2. The maximum atomic E-state index is 11.9. The second kappa shape index (κ2) is 6.39. The van der Waals surface area contributed by atoms with Gasteiger partial charge in [0.25, 0.3) is 0 Å². The zero-order valence-corrected chi connectivity index (χ0v) is 13.8. The van der Waals surface area contributed by atoms with E-state index in [9.17, 15) is 4.79 Å². The lowest BCUT2D eigenvalue weighted by Gasteiger charge is -2.39. The maximum Gasteiger partial charge on any atom is 0.222 e. The summed E-state index contributed by atoms with van der Waals surface area (Å²) in [6.07, 6.45) is 1.54. The number of nitrogens with one attached hydrogen (secondary N) is 2. The van der Waals surface area contributed by atoms with Crippen LogP contribution >= 0.6 is 0 Å². The molecule has 0 spiro atoms.